The first-order chi connectivity index (χ1) is 41.4. The molecule has 0 atom stereocenters. The molecule has 442 valence electrons. The highest BCUT2D eigenvalue weighted by Crippen LogP contribution is 2.31. The number of H-pyrrole nitrogens is 2. The number of nitrogens with one attached hydrogen (secondary N) is 2. The molecule has 0 unspecified atom stereocenters. The summed E-state index contributed by atoms with van der Waals surface area (Å²) < 4.78 is 27.6. The number of ether oxygens (including phenoxy) is 4. The Labute approximate surface area is 501 Å². The number of benzene rings is 5. The molecule has 7 aromatic rings. The van der Waals surface area contributed by atoms with E-state index in [2.05, 4.69) is 176 Å². The summed E-state index contributed by atoms with van der Waals surface area (Å²) in [6, 6.07) is 37.0. The molecule has 12 nitrogen and oxygen atoms in total. The minimum atomic E-state index is -0.164. The molecule has 0 fully saturated rings. The maximum absolute atomic E-state index is 13.9. The first-order valence-corrected chi connectivity index (χ1v) is 30.0. The van der Waals surface area contributed by atoms with Crippen LogP contribution in [0.15, 0.2) is 167 Å². The van der Waals surface area contributed by atoms with E-state index in [4.69, 9.17) is 18.9 Å². The maximum Gasteiger partial charge on any atom is 0.274 e. The monoisotopic (exact) mass is 1140 g/mol. The minimum absolute atomic E-state index is 0.164. The second-order valence-electron chi connectivity index (χ2n) is 21.5. The van der Waals surface area contributed by atoms with Gasteiger partial charge >= 0.3 is 0 Å². The fourth-order valence-corrected chi connectivity index (χ4v) is 10.6. The van der Waals surface area contributed by atoms with Crippen molar-refractivity contribution >= 4 is 47.9 Å². The van der Waals surface area contributed by atoms with Crippen molar-refractivity contribution < 1.29 is 23.5 Å². The molecule has 0 bridgehead atoms. The molecular formula is C73H85N6O6+. The standard InChI is InChI=1S/C73H85N6O6/c1-11-15-42-76(43-16-12-2)62-36-32-60(33-37-62)64(58-28-22-54(23-29-58)50-78-72(80)66(52(5)74-78)46-56-26-40-68(82-7)70(48-56)84-9)20-19-21-65(61-34-38-63(39-35-61)77(44-17-13-3)45-18-14-4)59-30-24-55(25-31-59)51-79-73(81)67(53(6)75-79)47-57-27-41-69(83-8)71(49-57)85-10/h19-41,46-49,74-75H,5-6,11-18,42-45,50-51H2,1-4,7-10H3/q+1. The van der Waals surface area contributed by atoms with Gasteiger partial charge in [-0.2, -0.15) is 0 Å². The molecule has 1 aliphatic carbocycles. The Hall–Kier alpha value is -9.03. The molecule has 8 rings (SSSR count). The van der Waals surface area contributed by atoms with Crippen molar-refractivity contribution in [1.29, 1.82) is 0 Å². The number of hydrogen-bond donors (Lipinski definition) is 2. The fraction of sp³-hybridized carbons (Fsp3) is 0.301. The van der Waals surface area contributed by atoms with E-state index < -0.39 is 0 Å². The number of anilines is 1. The molecule has 1 aliphatic rings. The highest BCUT2D eigenvalue weighted by atomic mass is 16.5. The lowest BCUT2D eigenvalue weighted by molar-refractivity contribution is -0.527. The van der Waals surface area contributed by atoms with Crippen LogP contribution in [-0.2, 0) is 13.1 Å². The van der Waals surface area contributed by atoms with Crippen molar-refractivity contribution in [2.24, 2.45) is 0 Å². The number of allylic oxidation sites excluding steroid dienone is 9. The molecule has 0 saturated heterocycles. The van der Waals surface area contributed by atoms with Crippen LogP contribution in [0, 0.1) is 0 Å². The van der Waals surface area contributed by atoms with Crippen LogP contribution in [0.1, 0.15) is 118 Å². The Morgan fingerprint density at radius 2 is 0.976 bits per heavy atom. The summed E-state index contributed by atoms with van der Waals surface area (Å²) in [7, 11) is 6.38. The summed E-state index contributed by atoms with van der Waals surface area (Å²) in [5.74, 6) is 2.39. The van der Waals surface area contributed by atoms with E-state index in [-0.39, 0.29) is 11.1 Å². The third-order valence-corrected chi connectivity index (χ3v) is 15.5. The fourth-order valence-electron chi connectivity index (χ4n) is 10.6. The summed E-state index contributed by atoms with van der Waals surface area (Å²) in [6.07, 6.45) is 28.4. The van der Waals surface area contributed by atoms with Crippen molar-refractivity contribution in [2.75, 3.05) is 59.5 Å². The van der Waals surface area contributed by atoms with E-state index in [1.807, 2.05) is 48.6 Å². The number of nitrogens with zero attached hydrogens (tertiary/aromatic N) is 4. The Morgan fingerprint density at radius 1 is 0.541 bits per heavy atom. The van der Waals surface area contributed by atoms with Gasteiger partial charge in [-0.05, 0) is 129 Å². The van der Waals surface area contributed by atoms with E-state index in [0.29, 0.717) is 57.2 Å². The van der Waals surface area contributed by atoms with Crippen LogP contribution in [0.2, 0.25) is 0 Å². The summed E-state index contributed by atoms with van der Waals surface area (Å²) in [4.78, 5) is 30.3. The van der Waals surface area contributed by atoms with Crippen molar-refractivity contribution in [1.82, 2.24) is 19.6 Å². The smallest absolute Gasteiger partial charge is 0.274 e. The predicted octanol–water partition coefficient (Wildman–Crippen LogP) is 11.3. The number of methoxy groups -OCH3 is 4. The summed E-state index contributed by atoms with van der Waals surface area (Å²) in [5.41, 5.74) is 12.0. The lowest BCUT2D eigenvalue weighted by Gasteiger charge is -2.25. The lowest BCUT2D eigenvalue weighted by Crippen LogP contribution is -2.34. The maximum atomic E-state index is 13.9. The lowest BCUT2D eigenvalue weighted by atomic mass is 9.93. The van der Waals surface area contributed by atoms with E-state index in [0.717, 1.165) is 133 Å². The van der Waals surface area contributed by atoms with E-state index >= 15 is 0 Å². The molecule has 12 heteroatoms. The van der Waals surface area contributed by atoms with Crippen LogP contribution in [0.25, 0.3) is 36.5 Å². The van der Waals surface area contributed by atoms with E-state index in [1.54, 1.807) is 37.8 Å². The van der Waals surface area contributed by atoms with Gasteiger partial charge in [-0.1, -0.05) is 158 Å². The van der Waals surface area contributed by atoms with Gasteiger partial charge in [0.25, 0.3) is 11.1 Å². The second kappa shape index (κ2) is 30.5. The molecule has 0 saturated carbocycles. The third-order valence-electron chi connectivity index (χ3n) is 15.5. The Kier molecular flexibility index (Phi) is 22.3. The molecular weight excluding hydrogens is 1060 g/mol. The average molecular weight is 1140 g/mol. The van der Waals surface area contributed by atoms with Gasteiger partial charge in [0.2, 0.25) is 0 Å². The van der Waals surface area contributed by atoms with Crippen LogP contribution < -0.4 is 56.1 Å². The first-order valence-electron chi connectivity index (χ1n) is 30.0. The molecule has 85 heavy (non-hydrogen) atoms. The topological polar surface area (TPSA) is 119 Å². The molecule has 0 amide bonds. The minimum Gasteiger partial charge on any atom is -0.493 e. The SMILES string of the molecule is C=c1[nH]n(Cc2ccc(C(=CC=CC(=C3C=CC(=[N+](CCCC)CCCC)C=C3)c3ccc(Cn4[nH]c(=C)c(=Cc5ccc(OC)c(OC)c5)c4=O)cc3)c3ccc(N(CCCC)CCCC)cc3)cc2)c(=O)c1=Cc1ccc(OC)c(OC)c1. The number of aromatic nitrogens is 4. The van der Waals surface area contributed by atoms with Gasteiger partial charge in [0.1, 0.15) is 13.1 Å². The summed E-state index contributed by atoms with van der Waals surface area (Å²) in [6.45, 7) is 22.1. The van der Waals surface area contributed by atoms with Gasteiger partial charge < -0.3 is 23.8 Å². The highest BCUT2D eigenvalue weighted by molar-refractivity contribution is 6.03. The molecule has 0 aliphatic heterocycles. The molecule has 5 aromatic carbocycles. The Bertz CT molecular complexity index is 3920. The Morgan fingerprint density at radius 3 is 1.41 bits per heavy atom. The van der Waals surface area contributed by atoms with Gasteiger partial charge in [0.15, 0.2) is 28.7 Å². The predicted molar refractivity (Wildman–Crippen MR) is 352 cm³/mol. The molecule has 0 radical (unpaired) electrons. The van der Waals surface area contributed by atoms with Crippen molar-refractivity contribution in [3.8, 4) is 23.0 Å². The highest BCUT2D eigenvalue weighted by Gasteiger charge is 2.16. The van der Waals surface area contributed by atoms with Gasteiger partial charge in [-0.15, -0.1) is 0 Å². The molecule has 2 N–H and O–H groups in total. The third kappa shape index (κ3) is 15.8. The normalized spacial score (nSPS) is 12.9. The zero-order valence-electron chi connectivity index (χ0n) is 51.1. The first kappa shape index (κ1) is 62.0. The van der Waals surface area contributed by atoms with Crippen LogP contribution in [0.4, 0.5) is 5.69 Å². The summed E-state index contributed by atoms with van der Waals surface area (Å²) >= 11 is 0. The van der Waals surface area contributed by atoms with Gasteiger partial charge in [0, 0.05) is 43.8 Å². The Balaban J connectivity index is 1.16. The zero-order valence-corrected chi connectivity index (χ0v) is 51.1. The largest absolute Gasteiger partial charge is 0.493 e. The van der Waals surface area contributed by atoms with Crippen molar-refractivity contribution in [2.45, 2.75) is 92.2 Å². The van der Waals surface area contributed by atoms with Crippen LogP contribution in [-0.4, -0.2) is 84.5 Å². The number of aromatic amines is 2. The number of rotatable bonds is 28. The van der Waals surface area contributed by atoms with Crippen LogP contribution >= 0.6 is 0 Å². The van der Waals surface area contributed by atoms with Gasteiger partial charge in [-0.3, -0.25) is 19.8 Å². The summed E-state index contributed by atoms with van der Waals surface area (Å²) in [5, 5.41) is 8.44. The van der Waals surface area contributed by atoms with Crippen LogP contribution in [0.5, 0.6) is 23.0 Å². The van der Waals surface area contributed by atoms with Crippen molar-refractivity contribution in [3.05, 3.63) is 238 Å². The van der Waals surface area contributed by atoms with Gasteiger partial charge in [0.05, 0.1) is 62.7 Å². The van der Waals surface area contributed by atoms with E-state index in [1.165, 1.54) is 11.4 Å². The van der Waals surface area contributed by atoms with Gasteiger partial charge in [-0.25, -0.2) is 13.9 Å². The molecule has 0 spiro atoms. The van der Waals surface area contributed by atoms with Crippen LogP contribution in [0.3, 0.4) is 0 Å². The number of hydrogen-bond acceptors (Lipinski definition) is 7. The van der Waals surface area contributed by atoms with E-state index in [9.17, 15) is 9.59 Å². The van der Waals surface area contributed by atoms with Crippen molar-refractivity contribution in [3.63, 3.8) is 0 Å². The average Bonchev–Trinajstić information content (AvgIpc) is 4.17. The number of unbranched alkanes of at least 4 members (excludes halogenated alkanes) is 4. The quantitative estimate of drug-likeness (QED) is 0.0370. The second-order valence-corrected chi connectivity index (χ2v) is 21.5. The zero-order chi connectivity index (χ0) is 60.2. The molecule has 2 heterocycles. The molecule has 2 aromatic heterocycles.